The summed E-state index contributed by atoms with van der Waals surface area (Å²) < 4.78 is 28.5. The minimum absolute atomic E-state index is 0.00000614. The van der Waals surface area contributed by atoms with Gasteiger partial charge in [0.05, 0.1) is 25.4 Å². The molecule has 0 unspecified atom stereocenters. The van der Waals surface area contributed by atoms with Gasteiger partial charge in [-0.15, -0.1) is 0 Å². The molecule has 3 atom stereocenters. The molecule has 0 radical (unpaired) electrons. The fourth-order valence-electron chi connectivity index (χ4n) is 4.75. The first-order chi connectivity index (χ1) is 17.6. The van der Waals surface area contributed by atoms with E-state index in [1.807, 2.05) is 13.8 Å². The maximum absolute atomic E-state index is 13.5. The Balaban J connectivity index is 3.89. The Morgan fingerprint density at radius 2 is 1.28 bits per heavy atom. The maximum Gasteiger partial charge on any atom is 0.411 e. The van der Waals surface area contributed by atoms with Crippen molar-refractivity contribution in [3.63, 3.8) is 0 Å². The summed E-state index contributed by atoms with van der Waals surface area (Å²) in [5.41, 5.74) is -1.81. The first-order valence-corrected chi connectivity index (χ1v) is 16.8. The second-order valence-electron chi connectivity index (χ2n) is 13.0. The van der Waals surface area contributed by atoms with Crippen LogP contribution in [-0.4, -0.2) is 80.8 Å². The lowest BCUT2D eigenvalue weighted by Crippen LogP contribution is -2.54. The van der Waals surface area contributed by atoms with E-state index in [1.165, 1.54) is 4.90 Å². The molecule has 1 heterocycles. The van der Waals surface area contributed by atoms with Crippen LogP contribution in [0.2, 0.25) is 18.1 Å². The standard InChI is InChI=1S/C28H51NO9Si/c1-14-34-22(30)20(23(31)35-15-2)19-18(28(10,11)38-39(12,13)27(7,8)9)17-29(21(19)24(32)36-16-3)25(33)37-26(4,5)6/h18-21H,14-17H2,1-13H3/t18-,19-,21+/m0/s1. The Hall–Kier alpha value is -2.14. The van der Waals surface area contributed by atoms with E-state index in [-0.39, 0.29) is 31.4 Å². The van der Waals surface area contributed by atoms with Crippen molar-refractivity contribution >= 4 is 32.3 Å². The molecule has 0 bridgehead atoms. The minimum Gasteiger partial charge on any atom is -0.465 e. The zero-order chi connectivity index (χ0) is 30.6. The van der Waals surface area contributed by atoms with Crippen molar-refractivity contribution in [3.05, 3.63) is 0 Å². The number of hydrogen-bond donors (Lipinski definition) is 0. The molecule has 1 aliphatic heterocycles. The third kappa shape index (κ3) is 8.67. The van der Waals surface area contributed by atoms with Gasteiger partial charge in [-0.25, -0.2) is 9.59 Å². The zero-order valence-corrected chi connectivity index (χ0v) is 27.3. The van der Waals surface area contributed by atoms with Gasteiger partial charge in [0.25, 0.3) is 0 Å². The van der Waals surface area contributed by atoms with Crippen molar-refractivity contribution in [1.29, 1.82) is 0 Å². The molecule has 0 saturated carbocycles. The van der Waals surface area contributed by atoms with Gasteiger partial charge in [-0.1, -0.05) is 20.8 Å². The van der Waals surface area contributed by atoms with Crippen LogP contribution < -0.4 is 0 Å². The van der Waals surface area contributed by atoms with Crippen molar-refractivity contribution in [3.8, 4) is 0 Å². The van der Waals surface area contributed by atoms with E-state index >= 15 is 0 Å². The average molecular weight is 574 g/mol. The molecule has 39 heavy (non-hydrogen) atoms. The average Bonchev–Trinajstić information content (AvgIpc) is 3.13. The number of rotatable bonds is 10. The molecular formula is C28H51NO9Si. The first kappa shape index (κ1) is 34.9. The van der Waals surface area contributed by atoms with E-state index < -0.39 is 67.3 Å². The number of carbonyl (C=O) groups is 4. The van der Waals surface area contributed by atoms with E-state index in [9.17, 15) is 19.2 Å². The molecule has 10 nitrogen and oxygen atoms in total. The number of carbonyl (C=O) groups excluding carboxylic acids is 4. The van der Waals surface area contributed by atoms with Crippen molar-refractivity contribution in [2.45, 2.75) is 112 Å². The maximum atomic E-state index is 13.5. The highest BCUT2D eigenvalue weighted by Crippen LogP contribution is 2.48. The summed E-state index contributed by atoms with van der Waals surface area (Å²) in [6.45, 7) is 24.4. The van der Waals surface area contributed by atoms with Crippen molar-refractivity contribution in [2.24, 2.45) is 17.8 Å². The third-order valence-corrected chi connectivity index (χ3v) is 12.0. The highest BCUT2D eigenvalue weighted by molar-refractivity contribution is 6.74. The van der Waals surface area contributed by atoms with Crippen LogP contribution in [0.25, 0.3) is 0 Å². The van der Waals surface area contributed by atoms with Crippen molar-refractivity contribution in [1.82, 2.24) is 4.90 Å². The van der Waals surface area contributed by atoms with Crippen LogP contribution in [0.15, 0.2) is 0 Å². The molecule has 1 saturated heterocycles. The van der Waals surface area contributed by atoms with Crippen LogP contribution >= 0.6 is 0 Å². The molecule has 0 aromatic heterocycles. The largest absolute Gasteiger partial charge is 0.465 e. The van der Waals surface area contributed by atoms with Gasteiger partial charge in [-0.3, -0.25) is 14.5 Å². The van der Waals surface area contributed by atoms with Crippen LogP contribution in [0.1, 0.15) is 76.2 Å². The summed E-state index contributed by atoms with van der Waals surface area (Å²) in [7, 11) is -2.39. The smallest absolute Gasteiger partial charge is 0.411 e. The van der Waals surface area contributed by atoms with Crippen LogP contribution in [0.3, 0.4) is 0 Å². The van der Waals surface area contributed by atoms with Gasteiger partial charge in [0.2, 0.25) is 0 Å². The minimum atomic E-state index is -2.39. The normalized spacial score (nSPS) is 20.6. The second-order valence-corrected chi connectivity index (χ2v) is 17.7. The van der Waals surface area contributed by atoms with Crippen LogP contribution in [0.4, 0.5) is 4.79 Å². The number of amides is 1. The Bertz CT molecular complexity index is 870. The predicted molar refractivity (Wildman–Crippen MR) is 149 cm³/mol. The summed E-state index contributed by atoms with van der Waals surface area (Å²) in [6.07, 6.45) is -0.748. The zero-order valence-electron chi connectivity index (χ0n) is 26.3. The lowest BCUT2D eigenvalue weighted by molar-refractivity contribution is -0.168. The third-order valence-electron chi connectivity index (χ3n) is 7.40. The van der Waals surface area contributed by atoms with Gasteiger partial charge in [0, 0.05) is 18.4 Å². The monoisotopic (exact) mass is 573 g/mol. The Labute approximate surface area is 235 Å². The quantitative estimate of drug-likeness (QED) is 0.155. The summed E-state index contributed by atoms with van der Waals surface area (Å²) in [5, 5.41) is -0.147. The fourth-order valence-corrected chi connectivity index (χ4v) is 6.53. The Morgan fingerprint density at radius 1 is 0.821 bits per heavy atom. The number of hydrogen-bond acceptors (Lipinski definition) is 9. The molecule has 0 spiro atoms. The van der Waals surface area contributed by atoms with Gasteiger partial charge in [0.15, 0.2) is 14.2 Å². The highest BCUT2D eigenvalue weighted by atomic mass is 28.4. The van der Waals surface area contributed by atoms with Gasteiger partial charge >= 0.3 is 24.0 Å². The van der Waals surface area contributed by atoms with E-state index in [4.69, 9.17) is 23.4 Å². The highest BCUT2D eigenvalue weighted by Gasteiger charge is 2.61. The van der Waals surface area contributed by atoms with E-state index in [0.29, 0.717) is 0 Å². The Kier molecular flexibility index (Phi) is 11.6. The summed E-state index contributed by atoms with van der Waals surface area (Å²) in [6, 6.07) is -1.30. The van der Waals surface area contributed by atoms with Gasteiger partial charge in [0.1, 0.15) is 11.6 Å². The van der Waals surface area contributed by atoms with E-state index in [1.54, 1.807) is 41.5 Å². The summed E-state index contributed by atoms with van der Waals surface area (Å²) in [4.78, 5) is 55.0. The molecule has 0 N–H and O–H groups in total. The van der Waals surface area contributed by atoms with Gasteiger partial charge in [-0.05, 0) is 73.5 Å². The van der Waals surface area contributed by atoms with Crippen molar-refractivity contribution < 1.29 is 42.6 Å². The number of nitrogens with zero attached hydrogens (tertiary/aromatic N) is 1. The first-order valence-electron chi connectivity index (χ1n) is 13.8. The van der Waals surface area contributed by atoms with E-state index in [2.05, 4.69) is 33.9 Å². The molecular weight excluding hydrogens is 522 g/mol. The molecule has 0 aromatic carbocycles. The topological polar surface area (TPSA) is 118 Å². The molecule has 1 rings (SSSR count). The fraction of sp³-hybridized carbons (Fsp3) is 0.857. The molecule has 1 aliphatic rings. The number of ether oxygens (including phenoxy) is 4. The molecule has 0 aliphatic carbocycles. The van der Waals surface area contributed by atoms with E-state index in [0.717, 1.165) is 0 Å². The number of likely N-dealkylation sites (tertiary alicyclic amines) is 1. The van der Waals surface area contributed by atoms with Crippen LogP contribution in [0.5, 0.6) is 0 Å². The molecule has 0 aromatic rings. The SMILES string of the molecule is CCOC(=O)C(C(=O)OCC)[C@H]1[C@H](C(=O)OCC)N(C(=O)OC(C)(C)C)C[C@@H]1C(C)(C)O[Si](C)(C)C(C)(C)C. The van der Waals surface area contributed by atoms with Crippen LogP contribution in [-0.2, 0) is 37.8 Å². The number of esters is 3. The predicted octanol–water partition coefficient (Wildman–Crippen LogP) is 4.94. The Morgan fingerprint density at radius 3 is 1.67 bits per heavy atom. The molecule has 1 fully saturated rings. The second kappa shape index (κ2) is 13.0. The molecule has 226 valence electrons. The molecule has 11 heteroatoms. The lowest BCUT2D eigenvalue weighted by atomic mass is 9.73. The van der Waals surface area contributed by atoms with Gasteiger partial charge < -0.3 is 23.4 Å². The van der Waals surface area contributed by atoms with Crippen LogP contribution in [0, 0.1) is 17.8 Å². The van der Waals surface area contributed by atoms with Crippen molar-refractivity contribution in [2.75, 3.05) is 26.4 Å². The lowest BCUT2D eigenvalue weighted by Gasteiger charge is -2.46. The molecule has 1 amide bonds. The summed E-state index contributed by atoms with van der Waals surface area (Å²) in [5.74, 6) is -5.57. The summed E-state index contributed by atoms with van der Waals surface area (Å²) >= 11 is 0. The van der Waals surface area contributed by atoms with Gasteiger partial charge in [-0.2, -0.15) is 0 Å².